The number of piperazine rings is 1. The van der Waals surface area contributed by atoms with E-state index in [1.807, 2.05) is 4.90 Å². The second-order valence-electron chi connectivity index (χ2n) is 6.72. The molecule has 1 amide bonds. The number of hydrogen-bond donors (Lipinski definition) is 1. The highest BCUT2D eigenvalue weighted by Gasteiger charge is 2.31. The van der Waals surface area contributed by atoms with E-state index in [1.165, 1.54) is 22.5 Å². The number of hydrogen-bond acceptors (Lipinski definition) is 4. The molecule has 1 fully saturated rings. The first-order chi connectivity index (χ1) is 14.2. The molecule has 30 heavy (non-hydrogen) atoms. The van der Waals surface area contributed by atoms with Gasteiger partial charge < -0.3 is 10.2 Å². The van der Waals surface area contributed by atoms with E-state index in [2.05, 4.69) is 5.32 Å². The molecule has 2 aromatic rings. The molecule has 1 N–H and O–H groups in total. The first kappa shape index (κ1) is 22.9. The summed E-state index contributed by atoms with van der Waals surface area (Å²) in [6.45, 7) is 1.72. The summed E-state index contributed by atoms with van der Waals surface area (Å²) < 4.78 is 53.2. The Labute approximate surface area is 183 Å². The minimum Gasteiger partial charge on any atom is -0.326 e. The number of nitrogens with zero attached hydrogens (tertiary/aromatic N) is 2. The number of halogens is 4. The summed E-state index contributed by atoms with van der Waals surface area (Å²) >= 11 is 12.1. The van der Waals surface area contributed by atoms with E-state index in [1.54, 1.807) is 6.07 Å². The van der Waals surface area contributed by atoms with Crippen LogP contribution in [0, 0.1) is 11.6 Å². The summed E-state index contributed by atoms with van der Waals surface area (Å²) in [5.74, 6) is -2.37. The molecule has 0 radical (unpaired) electrons. The minimum atomic E-state index is -3.83. The fourth-order valence-corrected chi connectivity index (χ4v) is 5.62. The van der Waals surface area contributed by atoms with E-state index in [0.717, 1.165) is 12.1 Å². The number of rotatable bonds is 6. The van der Waals surface area contributed by atoms with Gasteiger partial charge in [-0.25, -0.2) is 17.2 Å². The van der Waals surface area contributed by atoms with E-state index in [4.69, 9.17) is 23.2 Å². The smallest absolute Gasteiger partial charge is 0.246 e. The second-order valence-corrected chi connectivity index (χ2v) is 9.41. The van der Waals surface area contributed by atoms with Crippen molar-refractivity contribution in [3.63, 3.8) is 0 Å². The van der Waals surface area contributed by atoms with Crippen LogP contribution in [0.25, 0.3) is 0 Å². The van der Waals surface area contributed by atoms with Crippen LogP contribution in [0.2, 0.25) is 10.0 Å². The van der Waals surface area contributed by atoms with Crippen molar-refractivity contribution in [2.75, 3.05) is 38.0 Å². The van der Waals surface area contributed by atoms with Crippen molar-refractivity contribution in [1.82, 2.24) is 9.21 Å². The molecular formula is C19H19Cl2F2N3O3S. The van der Waals surface area contributed by atoms with Crippen LogP contribution in [0.3, 0.4) is 0 Å². The Morgan fingerprint density at radius 2 is 1.63 bits per heavy atom. The maximum atomic E-state index is 13.2. The van der Waals surface area contributed by atoms with Crippen molar-refractivity contribution >= 4 is 44.8 Å². The summed E-state index contributed by atoms with van der Waals surface area (Å²) in [7, 11) is -3.83. The summed E-state index contributed by atoms with van der Waals surface area (Å²) in [6, 6.07) is 7.66. The third-order valence-electron chi connectivity index (χ3n) is 4.71. The van der Waals surface area contributed by atoms with Crippen molar-refractivity contribution in [3.05, 3.63) is 58.1 Å². The van der Waals surface area contributed by atoms with E-state index >= 15 is 0 Å². The molecular weight excluding hydrogens is 459 g/mol. The van der Waals surface area contributed by atoms with Crippen LogP contribution >= 0.6 is 23.2 Å². The maximum absolute atomic E-state index is 13.2. The average Bonchev–Trinajstić information content (AvgIpc) is 2.69. The van der Waals surface area contributed by atoms with Gasteiger partial charge in [-0.15, -0.1) is 0 Å². The van der Waals surface area contributed by atoms with E-state index in [-0.39, 0.29) is 46.0 Å². The molecule has 1 saturated heterocycles. The van der Waals surface area contributed by atoms with E-state index < -0.39 is 21.7 Å². The molecule has 1 aliphatic heterocycles. The van der Waals surface area contributed by atoms with Gasteiger partial charge in [0.05, 0.1) is 10.0 Å². The summed E-state index contributed by atoms with van der Waals surface area (Å²) in [5, 5.41) is 2.65. The number of amides is 1. The van der Waals surface area contributed by atoms with Gasteiger partial charge in [-0.1, -0.05) is 29.3 Å². The van der Waals surface area contributed by atoms with Crippen molar-refractivity contribution in [2.24, 2.45) is 0 Å². The SMILES string of the molecule is O=C(CCN1CCN(S(=O)(=O)c2c(Cl)cccc2Cl)CC1)Nc1ccc(F)c(F)c1. The Balaban J connectivity index is 1.52. The molecule has 0 aliphatic carbocycles. The molecule has 1 heterocycles. The molecule has 1 aliphatic rings. The monoisotopic (exact) mass is 477 g/mol. The molecule has 6 nitrogen and oxygen atoms in total. The lowest BCUT2D eigenvalue weighted by atomic mass is 10.2. The van der Waals surface area contributed by atoms with Crippen LogP contribution in [-0.4, -0.2) is 56.3 Å². The molecule has 0 aromatic heterocycles. The molecule has 3 rings (SSSR count). The molecule has 0 saturated carbocycles. The Hall–Kier alpha value is -1.78. The Morgan fingerprint density at radius 1 is 1.00 bits per heavy atom. The lowest BCUT2D eigenvalue weighted by molar-refractivity contribution is -0.116. The quantitative estimate of drug-likeness (QED) is 0.689. The third kappa shape index (κ3) is 5.28. The van der Waals surface area contributed by atoms with Crippen LogP contribution in [0.5, 0.6) is 0 Å². The van der Waals surface area contributed by atoms with Gasteiger partial charge in [0.2, 0.25) is 15.9 Å². The van der Waals surface area contributed by atoms with E-state index in [9.17, 15) is 22.0 Å². The summed E-state index contributed by atoms with van der Waals surface area (Å²) in [5.41, 5.74) is 0.173. The van der Waals surface area contributed by atoms with Gasteiger partial charge in [0.15, 0.2) is 11.6 Å². The number of carbonyl (C=O) groups excluding carboxylic acids is 1. The number of anilines is 1. The van der Waals surface area contributed by atoms with Gasteiger partial charge in [-0.05, 0) is 24.3 Å². The molecule has 0 atom stereocenters. The summed E-state index contributed by atoms with van der Waals surface area (Å²) in [6.07, 6.45) is 0.127. The Morgan fingerprint density at radius 3 is 2.23 bits per heavy atom. The first-order valence-electron chi connectivity index (χ1n) is 9.10. The third-order valence-corrected chi connectivity index (χ3v) is 7.56. The summed E-state index contributed by atoms with van der Waals surface area (Å²) in [4.78, 5) is 13.9. The van der Waals surface area contributed by atoms with Crippen LogP contribution in [0.15, 0.2) is 41.3 Å². The fraction of sp³-hybridized carbons (Fsp3) is 0.316. The van der Waals surface area contributed by atoms with Gasteiger partial charge in [-0.2, -0.15) is 4.31 Å². The topological polar surface area (TPSA) is 69.7 Å². The fourth-order valence-electron chi connectivity index (χ4n) is 3.11. The van der Waals surface area contributed by atoms with Crippen LogP contribution in [-0.2, 0) is 14.8 Å². The minimum absolute atomic E-state index is 0.0684. The van der Waals surface area contributed by atoms with Crippen molar-refractivity contribution < 1.29 is 22.0 Å². The highest BCUT2D eigenvalue weighted by Crippen LogP contribution is 2.31. The number of benzene rings is 2. The van der Waals surface area contributed by atoms with Crippen molar-refractivity contribution in [1.29, 1.82) is 0 Å². The lowest BCUT2D eigenvalue weighted by Gasteiger charge is -2.34. The van der Waals surface area contributed by atoms with Crippen LogP contribution in [0.1, 0.15) is 6.42 Å². The van der Waals surface area contributed by atoms with E-state index in [0.29, 0.717) is 19.6 Å². The predicted octanol–water partition coefficient (Wildman–Crippen LogP) is 3.61. The second kappa shape index (κ2) is 9.57. The van der Waals surface area contributed by atoms with Crippen molar-refractivity contribution in [3.8, 4) is 0 Å². The van der Waals surface area contributed by atoms with Gasteiger partial charge in [0.1, 0.15) is 4.90 Å². The standard InChI is InChI=1S/C19H19Cl2F2N3O3S/c20-14-2-1-3-15(21)19(14)30(28,29)26-10-8-25(9-11-26)7-6-18(27)24-13-4-5-16(22)17(23)12-13/h1-5,12H,6-11H2,(H,24,27). The number of sulfonamides is 1. The van der Waals surface area contributed by atoms with Gasteiger partial charge in [0, 0.05) is 50.9 Å². The first-order valence-corrected chi connectivity index (χ1v) is 11.3. The van der Waals surface area contributed by atoms with Gasteiger partial charge in [-0.3, -0.25) is 4.79 Å². The normalized spacial score (nSPS) is 15.9. The molecule has 162 valence electrons. The lowest BCUT2D eigenvalue weighted by Crippen LogP contribution is -2.49. The predicted molar refractivity (Wildman–Crippen MR) is 111 cm³/mol. The van der Waals surface area contributed by atoms with Crippen molar-refractivity contribution in [2.45, 2.75) is 11.3 Å². The Kier molecular flexibility index (Phi) is 7.30. The van der Waals surface area contributed by atoms with Gasteiger partial charge >= 0.3 is 0 Å². The van der Waals surface area contributed by atoms with Gasteiger partial charge in [0.25, 0.3) is 0 Å². The van der Waals surface area contributed by atoms with Crippen LogP contribution < -0.4 is 5.32 Å². The molecule has 0 unspecified atom stereocenters. The number of nitrogens with one attached hydrogen (secondary N) is 1. The Bertz CT molecular complexity index is 1030. The highest BCUT2D eigenvalue weighted by atomic mass is 35.5. The molecule has 2 aromatic carbocycles. The zero-order chi connectivity index (χ0) is 21.9. The van der Waals surface area contributed by atoms with Crippen LogP contribution in [0.4, 0.5) is 14.5 Å². The number of carbonyl (C=O) groups is 1. The largest absolute Gasteiger partial charge is 0.326 e. The average molecular weight is 478 g/mol. The maximum Gasteiger partial charge on any atom is 0.246 e. The molecule has 0 bridgehead atoms. The zero-order valence-electron chi connectivity index (χ0n) is 15.7. The highest BCUT2D eigenvalue weighted by molar-refractivity contribution is 7.89. The zero-order valence-corrected chi connectivity index (χ0v) is 18.1. The molecule has 11 heteroatoms. The molecule has 0 spiro atoms.